The maximum absolute atomic E-state index is 12.5. The Bertz CT molecular complexity index is 752. The molecule has 10 atom stereocenters. The number of carbonyl (C=O) groups is 1. The topological polar surface area (TPSA) is 120 Å². The molecule has 0 bridgehead atoms. The van der Waals surface area contributed by atoms with Gasteiger partial charge in [-0.15, -0.1) is 0 Å². The molecule has 0 aromatic rings. The van der Waals surface area contributed by atoms with E-state index in [-0.39, 0.29) is 29.4 Å². The molecule has 4 rings (SSSR count). The van der Waals surface area contributed by atoms with E-state index >= 15 is 0 Å². The summed E-state index contributed by atoms with van der Waals surface area (Å²) in [7, 11) is 0. The Morgan fingerprint density at radius 1 is 0.892 bits per heavy atom. The van der Waals surface area contributed by atoms with Gasteiger partial charge in [0, 0.05) is 45.7 Å². The van der Waals surface area contributed by atoms with E-state index in [2.05, 4.69) is 36.7 Å². The van der Waals surface area contributed by atoms with Gasteiger partial charge in [-0.1, -0.05) is 20.8 Å². The molecule has 4 saturated carbocycles. The van der Waals surface area contributed by atoms with Crippen LogP contribution in [0.25, 0.3) is 0 Å². The average molecular weight is 521 g/mol. The van der Waals surface area contributed by atoms with E-state index in [1.165, 1.54) is 25.7 Å². The zero-order valence-electron chi connectivity index (χ0n) is 23.8. The van der Waals surface area contributed by atoms with E-state index in [4.69, 9.17) is 5.73 Å². The van der Waals surface area contributed by atoms with Crippen LogP contribution in [0.4, 0.5) is 0 Å². The van der Waals surface area contributed by atoms with Crippen molar-refractivity contribution in [1.82, 2.24) is 16.0 Å². The van der Waals surface area contributed by atoms with Crippen molar-refractivity contribution in [1.29, 1.82) is 0 Å². The minimum atomic E-state index is -0.264. The third-order valence-electron chi connectivity index (χ3n) is 11.7. The molecule has 0 saturated heterocycles. The number of rotatable bonds is 12. The molecule has 4 aliphatic rings. The van der Waals surface area contributed by atoms with Crippen molar-refractivity contribution in [3.05, 3.63) is 0 Å². The first-order chi connectivity index (χ1) is 17.7. The second kappa shape index (κ2) is 12.6. The fraction of sp³-hybridized carbons (Fsp3) is 0.967. The molecule has 7 nitrogen and oxygen atoms in total. The molecule has 4 fully saturated rings. The number of hydrogen-bond donors (Lipinski definition) is 6. The molecule has 4 unspecified atom stereocenters. The van der Waals surface area contributed by atoms with Gasteiger partial charge in [-0.25, -0.2) is 0 Å². The van der Waals surface area contributed by atoms with Gasteiger partial charge in [0.05, 0.1) is 12.2 Å². The monoisotopic (exact) mass is 520 g/mol. The van der Waals surface area contributed by atoms with Crippen LogP contribution in [0.2, 0.25) is 0 Å². The Kier molecular flexibility index (Phi) is 9.99. The molecule has 4 aliphatic carbocycles. The van der Waals surface area contributed by atoms with Crippen molar-refractivity contribution in [2.45, 2.75) is 97.2 Å². The number of hydrogen-bond acceptors (Lipinski definition) is 6. The lowest BCUT2D eigenvalue weighted by Gasteiger charge is -2.62. The lowest BCUT2D eigenvalue weighted by atomic mass is 9.44. The number of carbonyl (C=O) groups excluding carboxylic acids is 1. The highest BCUT2D eigenvalue weighted by Crippen LogP contribution is 2.68. The van der Waals surface area contributed by atoms with Crippen LogP contribution in [0.1, 0.15) is 85.0 Å². The van der Waals surface area contributed by atoms with Crippen molar-refractivity contribution < 1.29 is 15.0 Å². The van der Waals surface area contributed by atoms with Crippen LogP contribution in [0.15, 0.2) is 0 Å². The zero-order valence-corrected chi connectivity index (χ0v) is 23.8. The molecule has 0 spiro atoms. The first kappa shape index (κ1) is 29.3. The standard InChI is InChI=1S/C30H56N4O3/c1-20(4-7-28(37)34-17-16-33-15-14-32-13-12-31)23-5-6-24-22-19-27(36)26-18-21(35)8-10-30(26,3)25(22)9-11-29(23,24)2/h20-27,32-33,35-36H,4-19,31H2,1-3H3,(H,34,37)/t20?,21-,22?,23-,24?,25?,26+,27+,29-,30-/m1/s1. The summed E-state index contributed by atoms with van der Waals surface area (Å²) < 4.78 is 0. The first-order valence-corrected chi connectivity index (χ1v) is 15.4. The molecule has 0 radical (unpaired) electrons. The Balaban J connectivity index is 1.25. The number of fused-ring (bicyclic) bond motifs is 5. The van der Waals surface area contributed by atoms with Crippen LogP contribution in [-0.4, -0.2) is 67.6 Å². The van der Waals surface area contributed by atoms with Crippen molar-refractivity contribution in [3.8, 4) is 0 Å². The number of nitrogens with one attached hydrogen (secondary N) is 3. The van der Waals surface area contributed by atoms with E-state index < -0.39 is 0 Å². The first-order valence-electron chi connectivity index (χ1n) is 15.4. The van der Waals surface area contributed by atoms with Crippen LogP contribution in [0.3, 0.4) is 0 Å². The minimum Gasteiger partial charge on any atom is -0.393 e. The summed E-state index contributed by atoms with van der Waals surface area (Å²) in [5.74, 6) is 3.65. The van der Waals surface area contributed by atoms with E-state index in [9.17, 15) is 15.0 Å². The number of aliphatic hydroxyl groups excluding tert-OH is 2. The summed E-state index contributed by atoms with van der Waals surface area (Å²) >= 11 is 0. The molecule has 7 heteroatoms. The summed E-state index contributed by atoms with van der Waals surface area (Å²) in [4.78, 5) is 12.5. The van der Waals surface area contributed by atoms with Crippen LogP contribution in [0.5, 0.6) is 0 Å². The third kappa shape index (κ3) is 6.21. The van der Waals surface area contributed by atoms with Crippen LogP contribution in [-0.2, 0) is 4.79 Å². The Morgan fingerprint density at radius 2 is 1.57 bits per heavy atom. The summed E-state index contributed by atoms with van der Waals surface area (Å²) in [6.45, 7) is 12.1. The lowest BCUT2D eigenvalue weighted by Crippen LogP contribution is -2.58. The van der Waals surface area contributed by atoms with Gasteiger partial charge >= 0.3 is 0 Å². The number of aliphatic hydroxyl groups is 2. The molecule has 0 aliphatic heterocycles. The quantitative estimate of drug-likeness (QED) is 0.220. The Morgan fingerprint density at radius 3 is 2.32 bits per heavy atom. The van der Waals surface area contributed by atoms with E-state index in [1.54, 1.807) is 0 Å². The van der Waals surface area contributed by atoms with Crippen LogP contribution in [0, 0.1) is 46.3 Å². The number of nitrogens with two attached hydrogens (primary N) is 1. The molecule has 214 valence electrons. The van der Waals surface area contributed by atoms with Gasteiger partial charge in [0.25, 0.3) is 0 Å². The molecule has 0 aromatic heterocycles. The summed E-state index contributed by atoms with van der Waals surface area (Å²) in [6.07, 6.45) is 9.86. The largest absolute Gasteiger partial charge is 0.393 e. The third-order valence-corrected chi connectivity index (χ3v) is 11.7. The number of amides is 1. The van der Waals surface area contributed by atoms with E-state index in [1.807, 2.05) is 0 Å². The molecular formula is C30H56N4O3. The van der Waals surface area contributed by atoms with E-state index in [0.717, 1.165) is 58.3 Å². The van der Waals surface area contributed by atoms with Crippen molar-refractivity contribution >= 4 is 5.91 Å². The smallest absolute Gasteiger partial charge is 0.220 e. The fourth-order valence-electron chi connectivity index (χ4n) is 9.72. The Labute approximate surface area is 225 Å². The normalized spacial score (nSPS) is 41.9. The predicted octanol–water partition coefficient (Wildman–Crippen LogP) is 2.65. The maximum atomic E-state index is 12.5. The zero-order chi connectivity index (χ0) is 26.6. The van der Waals surface area contributed by atoms with Gasteiger partial charge in [0.1, 0.15) is 0 Å². The van der Waals surface area contributed by atoms with Gasteiger partial charge in [-0.3, -0.25) is 4.79 Å². The molecule has 0 aromatic carbocycles. The predicted molar refractivity (Wildman–Crippen MR) is 149 cm³/mol. The SMILES string of the molecule is CC(CCC(=O)NCCNCCNCCN)[C@H]1CCC2C3C[C@H](O)[C@@H]4C[C@H](O)CC[C@]4(C)C3CC[C@@]21C. The summed E-state index contributed by atoms with van der Waals surface area (Å²) in [6, 6.07) is 0. The van der Waals surface area contributed by atoms with Crippen molar-refractivity contribution in [3.63, 3.8) is 0 Å². The molecule has 0 heterocycles. The second-order valence-electron chi connectivity index (χ2n) is 13.6. The minimum absolute atomic E-state index is 0.173. The van der Waals surface area contributed by atoms with E-state index in [0.29, 0.717) is 54.5 Å². The van der Waals surface area contributed by atoms with Gasteiger partial charge in [-0.05, 0) is 104 Å². The van der Waals surface area contributed by atoms with Crippen LogP contribution < -0.4 is 21.7 Å². The molecule has 37 heavy (non-hydrogen) atoms. The molecule has 1 amide bonds. The van der Waals surface area contributed by atoms with Gasteiger partial charge < -0.3 is 31.9 Å². The van der Waals surface area contributed by atoms with Gasteiger partial charge in [0.2, 0.25) is 5.91 Å². The highest BCUT2D eigenvalue weighted by Gasteiger charge is 2.62. The maximum Gasteiger partial charge on any atom is 0.220 e. The summed E-state index contributed by atoms with van der Waals surface area (Å²) in [5.41, 5.74) is 5.98. The van der Waals surface area contributed by atoms with Crippen molar-refractivity contribution in [2.75, 3.05) is 39.3 Å². The van der Waals surface area contributed by atoms with Gasteiger partial charge in [-0.2, -0.15) is 0 Å². The van der Waals surface area contributed by atoms with Crippen molar-refractivity contribution in [2.24, 2.45) is 52.1 Å². The molecule has 7 N–H and O–H groups in total. The second-order valence-corrected chi connectivity index (χ2v) is 13.6. The van der Waals surface area contributed by atoms with Gasteiger partial charge in [0.15, 0.2) is 0 Å². The van der Waals surface area contributed by atoms with Crippen LogP contribution >= 0.6 is 0 Å². The molecular weight excluding hydrogens is 464 g/mol. The Hall–Kier alpha value is -0.730. The lowest BCUT2D eigenvalue weighted by molar-refractivity contribution is -0.172. The average Bonchev–Trinajstić information content (AvgIpc) is 3.23. The summed E-state index contributed by atoms with van der Waals surface area (Å²) in [5, 5.41) is 31.2. The highest BCUT2D eigenvalue weighted by atomic mass is 16.3. The fourth-order valence-corrected chi connectivity index (χ4v) is 9.72. The highest BCUT2D eigenvalue weighted by molar-refractivity contribution is 5.75.